The van der Waals surface area contributed by atoms with Gasteiger partial charge in [0.15, 0.2) is 0 Å². The first kappa shape index (κ1) is 13.5. The van der Waals surface area contributed by atoms with Crippen molar-refractivity contribution in [3.05, 3.63) is 18.2 Å². The van der Waals surface area contributed by atoms with Gasteiger partial charge in [-0.05, 0) is 25.3 Å². The fourth-order valence-electron chi connectivity index (χ4n) is 2.63. The minimum absolute atomic E-state index is 0.280. The predicted octanol–water partition coefficient (Wildman–Crippen LogP) is 0.677. The highest BCUT2D eigenvalue weighted by Crippen LogP contribution is 2.19. The van der Waals surface area contributed by atoms with Gasteiger partial charge in [0.25, 0.3) is 0 Å². The number of piperidine rings is 1. The Kier molecular flexibility index (Phi) is 4.07. The van der Waals surface area contributed by atoms with Crippen LogP contribution in [-0.2, 0) is 23.4 Å². The highest BCUT2D eigenvalue weighted by molar-refractivity contribution is 7.90. The van der Waals surface area contributed by atoms with Crippen LogP contribution in [0.4, 0.5) is 0 Å². The number of hydrogen-bond acceptors (Lipinski definition) is 4. The smallest absolute Gasteiger partial charge is 0.147 e. The molecule has 1 aromatic rings. The first-order valence-electron chi connectivity index (χ1n) is 6.29. The minimum atomic E-state index is -2.86. The second-order valence-corrected chi connectivity index (χ2v) is 7.52. The lowest BCUT2D eigenvalue weighted by Crippen LogP contribution is -2.37. The summed E-state index contributed by atoms with van der Waals surface area (Å²) in [6.07, 6.45) is 7.10. The molecule has 0 spiro atoms. The molecule has 1 fully saturated rings. The zero-order valence-corrected chi connectivity index (χ0v) is 11.9. The zero-order chi connectivity index (χ0) is 13.2. The molecule has 1 aromatic heterocycles. The molecule has 0 saturated carbocycles. The van der Waals surface area contributed by atoms with E-state index in [-0.39, 0.29) is 5.92 Å². The number of sulfone groups is 1. The molecular weight excluding hydrogens is 250 g/mol. The average Bonchev–Trinajstić information content (AvgIpc) is 2.62. The Labute approximate surface area is 109 Å². The van der Waals surface area contributed by atoms with Crippen LogP contribution in [0, 0.1) is 5.92 Å². The molecule has 5 nitrogen and oxygen atoms in total. The Bertz CT molecular complexity index is 495. The molecule has 102 valence electrons. The van der Waals surface area contributed by atoms with Crippen LogP contribution >= 0.6 is 0 Å². The molecular formula is C12H21N3O2S. The molecule has 1 aliphatic rings. The maximum absolute atomic E-state index is 11.3. The summed E-state index contributed by atoms with van der Waals surface area (Å²) in [6.45, 7) is 2.78. The monoisotopic (exact) mass is 271 g/mol. The summed E-state index contributed by atoms with van der Waals surface area (Å²) in [5, 5.41) is 0. The van der Waals surface area contributed by atoms with E-state index in [4.69, 9.17) is 0 Å². The van der Waals surface area contributed by atoms with Gasteiger partial charge in [-0.25, -0.2) is 13.4 Å². The standard InChI is InChI=1S/C12H21N3O2S/c1-14-10-13-6-12(14)8-15-5-3-4-11(7-15)9-18(2,16)17/h6,10-11H,3-5,7-9H2,1-2H3/t11-/m1/s1. The molecule has 1 saturated heterocycles. The second-order valence-electron chi connectivity index (χ2n) is 5.33. The number of aromatic nitrogens is 2. The molecule has 6 heteroatoms. The molecule has 0 aromatic carbocycles. The Hall–Kier alpha value is -0.880. The van der Waals surface area contributed by atoms with Crippen molar-refractivity contribution in [1.82, 2.24) is 14.5 Å². The Morgan fingerprint density at radius 3 is 2.89 bits per heavy atom. The van der Waals surface area contributed by atoms with Gasteiger partial charge in [0, 0.05) is 32.6 Å². The molecule has 0 bridgehead atoms. The highest BCUT2D eigenvalue weighted by atomic mass is 32.2. The van der Waals surface area contributed by atoms with E-state index in [2.05, 4.69) is 9.88 Å². The topological polar surface area (TPSA) is 55.2 Å². The van der Waals surface area contributed by atoms with Crippen molar-refractivity contribution >= 4 is 9.84 Å². The SMILES string of the molecule is Cn1cncc1CN1CCC[C@@H](CS(C)(=O)=O)C1. The number of aryl methyl sites for hydroxylation is 1. The Balaban J connectivity index is 1.93. The minimum Gasteiger partial charge on any atom is -0.337 e. The van der Waals surface area contributed by atoms with Gasteiger partial charge in [0.2, 0.25) is 0 Å². The normalized spacial score (nSPS) is 22.2. The van der Waals surface area contributed by atoms with E-state index in [1.54, 1.807) is 6.33 Å². The van der Waals surface area contributed by atoms with Crippen LogP contribution in [0.5, 0.6) is 0 Å². The van der Waals surface area contributed by atoms with E-state index in [9.17, 15) is 8.42 Å². The van der Waals surface area contributed by atoms with Gasteiger partial charge in [0.1, 0.15) is 9.84 Å². The summed E-state index contributed by atoms with van der Waals surface area (Å²) in [6, 6.07) is 0. The van der Waals surface area contributed by atoms with Crippen molar-refractivity contribution in [3.63, 3.8) is 0 Å². The first-order chi connectivity index (χ1) is 8.44. The van der Waals surface area contributed by atoms with Crippen LogP contribution < -0.4 is 0 Å². The van der Waals surface area contributed by atoms with Gasteiger partial charge in [0.05, 0.1) is 17.8 Å². The van der Waals surface area contributed by atoms with Gasteiger partial charge >= 0.3 is 0 Å². The molecule has 0 amide bonds. The van der Waals surface area contributed by atoms with Crippen LogP contribution in [0.15, 0.2) is 12.5 Å². The number of nitrogens with zero attached hydrogens (tertiary/aromatic N) is 3. The third kappa shape index (κ3) is 3.81. The van der Waals surface area contributed by atoms with E-state index in [0.29, 0.717) is 5.75 Å². The highest BCUT2D eigenvalue weighted by Gasteiger charge is 2.23. The lowest BCUT2D eigenvalue weighted by atomic mass is 10.00. The van der Waals surface area contributed by atoms with Crippen molar-refractivity contribution in [2.45, 2.75) is 19.4 Å². The summed E-state index contributed by atoms with van der Waals surface area (Å²) < 4.78 is 24.7. The maximum Gasteiger partial charge on any atom is 0.147 e. The maximum atomic E-state index is 11.3. The van der Waals surface area contributed by atoms with E-state index in [0.717, 1.165) is 32.5 Å². The van der Waals surface area contributed by atoms with Gasteiger partial charge in [-0.2, -0.15) is 0 Å². The number of likely N-dealkylation sites (tertiary alicyclic amines) is 1. The Morgan fingerprint density at radius 1 is 1.50 bits per heavy atom. The molecule has 1 aliphatic heterocycles. The molecule has 0 radical (unpaired) electrons. The summed E-state index contributed by atoms with van der Waals surface area (Å²) in [4.78, 5) is 6.44. The zero-order valence-electron chi connectivity index (χ0n) is 11.0. The van der Waals surface area contributed by atoms with Gasteiger partial charge in [-0.1, -0.05) is 0 Å². The number of hydrogen-bond donors (Lipinski definition) is 0. The molecule has 0 aliphatic carbocycles. The number of imidazole rings is 1. The van der Waals surface area contributed by atoms with E-state index >= 15 is 0 Å². The summed E-state index contributed by atoms with van der Waals surface area (Å²) in [5.74, 6) is 0.594. The fraction of sp³-hybridized carbons (Fsp3) is 0.750. The Morgan fingerprint density at radius 2 is 2.28 bits per heavy atom. The van der Waals surface area contributed by atoms with Crippen molar-refractivity contribution in [2.75, 3.05) is 25.1 Å². The molecule has 0 unspecified atom stereocenters. The third-order valence-electron chi connectivity index (χ3n) is 3.44. The average molecular weight is 271 g/mol. The third-order valence-corrected chi connectivity index (χ3v) is 4.52. The van der Waals surface area contributed by atoms with E-state index in [1.165, 1.54) is 11.9 Å². The quantitative estimate of drug-likeness (QED) is 0.808. The molecule has 2 rings (SSSR count). The lowest BCUT2D eigenvalue weighted by molar-refractivity contribution is 0.174. The summed E-state index contributed by atoms with van der Waals surface area (Å²) in [7, 11) is -0.875. The summed E-state index contributed by atoms with van der Waals surface area (Å²) in [5.41, 5.74) is 1.18. The predicted molar refractivity (Wildman–Crippen MR) is 70.9 cm³/mol. The van der Waals surface area contributed by atoms with Crippen LogP contribution in [0.2, 0.25) is 0 Å². The van der Waals surface area contributed by atoms with Gasteiger partial charge in [-0.15, -0.1) is 0 Å². The largest absolute Gasteiger partial charge is 0.337 e. The molecule has 1 atom stereocenters. The fourth-order valence-corrected chi connectivity index (χ4v) is 3.75. The van der Waals surface area contributed by atoms with Crippen LogP contribution in [0.25, 0.3) is 0 Å². The van der Waals surface area contributed by atoms with Crippen molar-refractivity contribution in [1.29, 1.82) is 0 Å². The second kappa shape index (κ2) is 5.40. The van der Waals surface area contributed by atoms with Gasteiger partial charge < -0.3 is 4.57 Å². The van der Waals surface area contributed by atoms with Crippen LogP contribution in [-0.4, -0.2) is 48.0 Å². The molecule has 0 N–H and O–H groups in total. The van der Waals surface area contributed by atoms with E-state index in [1.807, 2.05) is 17.8 Å². The lowest BCUT2D eigenvalue weighted by Gasteiger charge is -2.32. The van der Waals surface area contributed by atoms with Crippen molar-refractivity contribution in [2.24, 2.45) is 13.0 Å². The van der Waals surface area contributed by atoms with Crippen LogP contribution in [0.3, 0.4) is 0 Å². The molecule has 18 heavy (non-hydrogen) atoms. The van der Waals surface area contributed by atoms with Crippen molar-refractivity contribution < 1.29 is 8.42 Å². The van der Waals surface area contributed by atoms with E-state index < -0.39 is 9.84 Å². The van der Waals surface area contributed by atoms with Crippen molar-refractivity contribution in [3.8, 4) is 0 Å². The number of rotatable bonds is 4. The van der Waals surface area contributed by atoms with Crippen LogP contribution in [0.1, 0.15) is 18.5 Å². The summed E-state index contributed by atoms with van der Waals surface area (Å²) >= 11 is 0. The molecule has 2 heterocycles. The first-order valence-corrected chi connectivity index (χ1v) is 8.35. The van der Waals surface area contributed by atoms with Gasteiger partial charge in [-0.3, -0.25) is 4.90 Å².